The molecule has 0 aliphatic carbocycles. The average Bonchev–Trinajstić information content (AvgIpc) is 3.36. The molecule has 2 aromatic carbocycles. The van der Waals surface area contributed by atoms with Crippen molar-refractivity contribution in [3.05, 3.63) is 52.2 Å². The number of halogens is 4. The first-order valence-electron chi connectivity index (χ1n) is 15.1. The highest BCUT2D eigenvalue weighted by atomic mass is 32.1. The van der Waals surface area contributed by atoms with Gasteiger partial charge in [-0.2, -0.15) is 13.2 Å². The van der Waals surface area contributed by atoms with Crippen molar-refractivity contribution in [3.63, 3.8) is 0 Å². The third-order valence-corrected chi connectivity index (χ3v) is 8.71. The Labute approximate surface area is 275 Å². The SMILES string of the molecule is CNC(=O)c1cc(OCCOC)c(NCC#Cc2sc3c(NC4CCN(C(=O)CN(C)C)CC4)cccc3c2CC(F)(F)F)cc1F. The van der Waals surface area contributed by atoms with Gasteiger partial charge in [-0.3, -0.25) is 9.59 Å². The van der Waals surface area contributed by atoms with E-state index in [1.807, 2.05) is 30.0 Å². The van der Waals surface area contributed by atoms with Crippen molar-refractivity contribution in [2.24, 2.45) is 0 Å². The van der Waals surface area contributed by atoms with E-state index in [0.717, 1.165) is 24.6 Å². The third-order valence-electron chi connectivity index (χ3n) is 7.51. The zero-order chi connectivity index (χ0) is 34.1. The summed E-state index contributed by atoms with van der Waals surface area (Å²) in [5, 5.41) is 9.31. The van der Waals surface area contributed by atoms with Gasteiger partial charge in [-0.05, 0) is 50.0 Å². The minimum atomic E-state index is -4.45. The van der Waals surface area contributed by atoms with Gasteiger partial charge in [0.1, 0.15) is 18.2 Å². The van der Waals surface area contributed by atoms with Crippen LogP contribution in [0.2, 0.25) is 0 Å². The van der Waals surface area contributed by atoms with E-state index in [2.05, 4.69) is 27.8 Å². The second kappa shape index (κ2) is 16.2. The first-order chi connectivity index (χ1) is 22.4. The number of ether oxygens (including phenoxy) is 2. The van der Waals surface area contributed by atoms with Crippen LogP contribution in [0.3, 0.4) is 0 Å². The van der Waals surface area contributed by atoms with E-state index in [-0.39, 0.29) is 59.1 Å². The molecule has 47 heavy (non-hydrogen) atoms. The molecule has 2 heterocycles. The van der Waals surface area contributed by atoms with Gasteiger partial charge in [0.05, 0.1) is 52.6 Å². The molecule has 9 nitrogen and oxygen atoms in total. The molecule has 3 N–H and O–H groups in total. The van der Waals surface area contributed by atoms with Crippen molar-refractivity contribution in [1.29, 1.82) is 0 Å². The van der Waals surface area contributed by atoms with E-state index in [0.29, 0.717) is 29.7 Å². The zero-order valence-corrected chi connectivity index (χ0v) is 27.6. The van der Waals surface area contributed by atoms with Gasteiger partial charge in [0.25, 0.3) is 5.91 Å². The Morgan fingerprint density at radius 3 is 2.53 bits per heavy atom. The molecule has 0 radical (unpaired) electrons. The van der Waals surface area contributed by atoms with Crippen LogP contribution in [0.15, 0.2) is 30.3 Å². The highest BCUT2D eigenvalue weighted by Gasteiger charge is 2.31. The summed E-state index contributed by atoms with van der Waals surface area (Å²) in [4.78, 5) is 28.5. The Morgan fingerprint density at radius 1 is 1.13 bits per heavy atom. The standard InChI is InChI=1S/C33H39F4N5O4S/c1-38-32(44)23-17-28(46-16-15-45-4)27(18-25(23)34)39-12-6-9-29-24(19-33(35,36)37)22-7-5-8-26(31(22)47-29)40-21-10-13-42(14-11-21)30(43)20-41(2)3/h5,7-8,17-18,21,39-40H,10-16,19-20H2,1-4H3,(H,38,44). The number of benzene rings is 2. The van der Waals surface area contributed by atoms with Crippen molar-refractivity contribution in [1.82, 2.24) is 15.1 Å². The Morgan fingerprint density at radius 2 is 1.87 bits per heavy atom. The van der Waals surface area contributed by atoms with Crippen LogP contribution < -0.4 is 20.7 Å². The van der Waals surface area contributed by atoms with E-state index in [9.17, 15) is 27.2 Å². The lowest BCUT2D eigenvalue weighted by Gasteiger charge is -2.33. The van der Waals surface area contributed by atoms with Gasteiger partial charge in [0.2, 0.25) is 5.91 Å². The fourth-order valence-corrected chi connectivity index (χ4v) is 6.41. The van der Waals surface area contributed by atoms with Crippen molar-refractivity contribution in [2.75, 3.05) is 78.3 Å². The number of carbonyl (C=O) groups is 2. The maximum absolute atomic E-state index is 14.7. The highest BCUT2D eigenvalue weighted by molar-refractivity contribution is 7.20. The number of hydrogen-bond acceptors (Lipinski definition) is 8. The minimum Gasteiger partial charge on any atom is -0.489 e. The third kappa shape index (κ3) is 9.73. The van der Waals surface area contributed by atoms with E-state index in [4.69, 9.17) is 9.47 Å². The van der Waals surface area contributed by atoms with E-state index < -0.39 is 24.3 Å². The Hall–Kier alpha value is -4.06. The number of amides is 2. The molecule has 4 rings (SSSR count). The lowest BCUT2D eigenvalue weighted by atomic mass is 10.0. The summed E-state index contributed by atoms with van der Waals surface area (Å²) in [5.41, 5.74) is 0.853. The number of likely N-dealkylation sites (tertiary alicyclic amines) is 1. The Kier molecular flexibility index (Phi) is 12.3. The summed E-state index contributed by atoms with van der Waals surface area (Å²) in [7, 11) is 6.58. The summed E-state index contributed by atoms with van der Waals surface area (Å²) in [5.74, 6) is 4.64. The molecule has 0 unspecified atom stereocenters. The zero-order valence-electron chi connectivity index (χ0n) is 26.8. The fourth-order valence-electron chi connectivity index (χ4n) is 5.24. The van der Waals surface area contributed by atoms with Crippen LogP contribution in [0.1, 0.15) is 33.6 Å². The van der Waals surface area contributed by atoms with E-state index in [1.54, 1.807) is 12.1 Å². The Bertz CT molecular complexity index is 1620. The lowest BCUT2D eigenvalue weighted by molar-refractivity contribution is -0.132. The van der Waals surface area contributed by atoms with Crippen LogP contribution in [-0.2, 0) is 16.0 Å². The maximum Gasteiger partial charge on any atom is 0.393 e. The second-order valence-electron chi connectivity index (χ2n) is 11.3. The average molecular weight is 678 g/mol. The quantitative estimate of drug-likeness (QED) is 0.142. The summed E-state index contributed by atoms with van der Waals surface area (Å²) < 4.78 is 67.2. The van der Waals surface area contributed by atoms with Crippen molar-refractivity contribution in [3.8, 4) is 17.6 Å². The number of carbonyl (C=O) groups excluding carboxylic acids is 2. The number of nitrogens with zero attached hydrogens (tertiary/aromatic N) is 2. The van der Waals surface area contributed by atoms with Crippen LogP contribution in [0.25, 0.3) is 10.1 Å². The number of fused-ring (bicyclic) bond motifs is 1. The molecule has 1 aliphatic heterocycles. The van der Waals surface area contributed by atoms with Crippen molar-refractivity contribution >= 4 is 44.6 Å². The molecule has 0 saturated carbocycles. The summed E-state index contributed by atoms with van der Waals surface area (Å²) in [6.45, 7) is 1.92. The van der Waals surface area contributed by atoms with Crippen LogP contribution in [0.4, 0.5) is 28.9 Å². The summed E-state index contributed by atoms with van der Waals surface area (Å²) >= 11 is 1.19. The Balaban J connectivity index is 1.55. The normalized spacial score (nSPS) is 13.8. The van der Waals surface area contributed by atoms with Gasteiger partial charge in [-0.1, -0.05) is 24.0 Å². The topological polar surface area (TPSA) is 95.2 Å². The number of piperidine rings is 1. The minimum absolute atomic E-state index is 0.0324. The number of rotatable bonds is 12. The number of nitrogens with one attached hydrogen (secondary N) is 3. The molecule has 1 saturated heterocycles. The largest absolute Gasteiger partial charge is 0.489 e. The first-order valence-corrected chi connectivity index (χ1v) is 15.9. The molecule has 0 spiro atoms. The maximum atomic E-state index is 14.7. The molecule has 0 atom stereocenters. The molecule has 1 aliphatic rings. The van der Waals surface area contributed by atoms with E-state index in [1.165, 1.54) is 31.6 Å². The number of methoxy groups -OCH3 is 1. The summed E-state index contributed by atoms with van der Waals surface area (Å²) in [6.07, 6.45) is -4.15. The number of anilines is 2. The van der Waals surface area contributed by atoms with Crippen molar-refractivity contribution < 1.29 is 36.6 Å². The van der Waals surface area contributed by atoms with Crippen molar-refractivity contribution in [2.45, 2.75) is 31.5 Å². The van der Waals surface area contributed by atoms with Crippen LogP contribution >= 0.6 is 11.3 Å². The monoisotopic (exact) mass is 677 g/mol. The molecule has 0 bridgehead atoms. The second-order valence-corrected chi connectivity index (χ2v) is 12.3. The van der Waals surface area contributed by atoms with Crippen LogP contribution in [0, 0.1) is 17.7 Å². The molecule has 254 valence electrons. The first kappa shape index (κ1) is 35.8. The van der Waals surface area contributed by atoms with Gasteiger partial charge in [-0.15, -0.1) is 11.3 Å². The molecule has 14 heteroatoms. The molecule has 2 amide bonds. The van der Waals surface area contributed by atoms with Gasteiger partial charge >= 0.3 is 6.18 Å². The molecule has 1 aromatic heterocycles. The molecule has 1 fully saturated rings. The predicted octanol–water partition coefficient (Wildman–Crippen LogP) is 4.96. The number of alkyl halides is 3. The highest BCUT2D eigenvalue weighted by Crippen LogP contribution is 2.39. The predicted molar refractivity (Wildman–Crippen MR) is 176 cm³/mol. The van der Waals surface area contributed by atoms with E-state index >= 15 is 0 Å². The number of likely N-dealkylation sites (N-methyl/N-ethyl adjacent to an activating group) is 1. The van der Waals surface area contributed by atoms with Gasteiger partial charge < -0.3 is 35.2 Å². The molecular weight excluding hydrogens is 638 g/mol. The smallest absolute Gasteiger partial charge is 0.393 e. The van der Waals surface area contributed by atoms with Crippen LogP contribution in [-0.4, -0.2) is 101 Å². The van der Waals surface area contributed by atoms with Gasteiger partial charge in [0, 0.05) is 39.4 Å². The summed E-state index contributed by atoms with van der Waals surface area (Å²) in [6, 6.07) is 7.70. The van der Waals surface area contributed by atoms with Crippen LogP contribution in [0.5, 0.6) is 5.75 Å². The van der Waals surface area contributed by atoms with Gasteiger partial charge in [0.15, 0.2) is 0 Å². The molecular formula is C33H39F4N5O4S. The van der Waals surface area contributed by atoms with Gasteiger partial charge in [-0.25, -0.2) is 4.39 Å². The lowest BCUT2D eigenvalue weighted by Crippen LogP contribution is -2.45. The molecule has 3 aromatic rings. The number of hydrogen-bond donors (Lipinski definition) is 3. The fraction of sp³-hybridized carbons (Fsp3) is 0.455. The number of thiophene rings is 1.